The summed E-state index contributed by atoms with van der Waals surface area (Å²) in [5, 5.41) is 3.55. The number of carbonyl (C=O) groups excluding carboxylic acids is 1. The van der Waals surface area contributed by atoms with E-state index in [-0.39, 0.29) is 28.5 Å². The Hall–Kier alpha value is -2.42. The molecule has 1 amide bonds. The first kappa shape index (κ1) is 17.9. The molecular formula is C15H17FN2O5S. The number of ether oxygens (including phenoxy) is 1. The van der Waals surface area contributed by atoms with Gasteiger partial charge in [-0.25, -0.2) is 17.5 Å². The van der Waals surface area contributed by atoms with Gasteiger partial charge in [-0.2, -0.15) is 0 Å². The minimum absolute atomic E-state index is 0.0656. The second-order valence-corrected chi connectivity index (χ2v) is 6.69. The van der Waals surface area contributed by atoms with Crippen molar-refractivity contribution in [2.24, 2.45) is 0 Å². The van der Waals surface area contributed by atoms with E-state index in [2.05, 4.69) is 5.16 Å². The lowest BCUT2D eigenvalue weighted by atomic mass is 10.2. The number of benzene rings is 1. The molecule has 9 heteroatoms. The third-order valence-corrected chi connectivity index (χ3v) is 4.83. The molecule has 0 radical (unpaired) electrons. The van der Waals surface area contributed by atoms with Crippen LogP contribution in [0.3, 0.4) is 0 Å². The minimum atomic E-state index is -4.16. The smallest absolute Gasteiger partial charge is 0.274 e. The average Bonchev–Trinajstić information content (AvgIpc) is 2.85. The molecule has 0 spiro atoms. The highest BCUT2D eigenvalue weighted by atomic mass is 32.2. The number of para-hydroxylation sites is 1. The maximum Gasteiger partial charge on any atom is 0.274 e. The molecule has 1 heterocycles. The second kappa shape index (κ2) is 7.00. The molecule has 1 aromatic carbocycles. The fourth-order valence-electron chi connectivity index (χ4n) is 2.12. The lowest BCUT2D eigenvalue weighted by Gasteiger charge is -2.17. The molecule has 1 aromatic heterocycles. The number of aryl methyl sites for hydroxylation is 2. The van der Waals surface area contributed by atoms with Crippen molar-refractivity contribution in [1.82, 2.24) is 9.88 Å². The van der Waals surface area contributed by atoms with Gasteiger partial charge in [0, 0.05) is 0 Å². The number of halogens is 1. The van der Waals surface area contributed by atoms with Crippen LogP contribution in [0, 0.1) is 19.7 Å². The topological polar surface area (TPSA) is 98.5 Å². The fraction of sp³-hybridized carbons (Fsp3) is 0.333. The third kappa shape index (κ3) is 3.73. The van der Waals surface area contributed by atoms with Crippen LogP contribution in [0.1, 0.15) is 24.8 Å². The number of nitrogens with zero attached hydrogens (tertiary/aromatic N) is 1. The molecule has 2 aromatic rings. The summed E-state index contributed by atoms with van der Waals surface area (Å²) in [6, 6.07) is 5.56. The number of sulfonamides is 1. The third-order valence-electron chi connectivity index (χ3n) is 3.24. The van der Waals surface area contributed by atoms with Gasteiger partial charge in [-0.05, 0) is 32.4 Å². The molecule has 24 heavy (non-hydrogen) atoms. The lowest BCUT2D eigenvalue weighted by Crippen LogP contribution is -2.41. The highest BCUT2D eigenvalue weighted by Gasteiger charge is 2.30. The van der Waals surface area contributed by atoms with E-state index in [1.807, 2.05) is 4.72 Å². The van der Waals surface area contributed by atoms with E-state index in [0.29, 0.717) is 0 Å². The summed E-state index contributed by atoms with van der Waals surface area (Å²) < 4.78 is 50.3. The molecule has 1 atom stereocenters. The van der Waals surface area contributed by atoms with Gasteiger partial charge >= 0.3 is 0 Å². The molecule has 0 saturated carbocycles. The Morgan fingerprint density at radius 1 is 1.38 bits per heavy atom. The maximum atomic E-state index is 13.6. The molecule has 0 unspecified atom stereocenters. The van der Waals surface area contributed by atoms with Crippen molar-refractivity contribution in [2.75, 3.05) is 0 Å². The van der Waals surface area contributed by atoms with Crippen LogP contribution in [0.5, 0.6) is 5.75 Å². The van der Waals surface area contributed by atoms with E-state index in [0.717, 1.165) is 0 Å². The molecule has 0 fully saturated rings. The monoisotopic (exact) mass is 356 g/mol. The highest BCUT2D eigenvalue weighted by Crippen LogP contribution is 2.20. The Labute approximate surface area is 138 Å². The highest BCUT2D eigenvalue weighted by molar-refractivity contribution is 7.90. The van der Waals surface area contributed by atoms with Crippen LogP contribution in [0.25, 0.3) is 0 Å². The summed E-state index contributed by atoms with van der Waals surface area (Å²) in [4.78, 5) is 12.0. The van der Waals surface area contributed by atoms with Crippen LogP contribution in [0.4, 0.5) is 4.39 Å². The summed E-state index contributed by atoms with van der Waals surface area (Å²) in [5.41, 5.74) is 0.135. The van der Waals surface area contributed by atoms with Crippen LogP contribution in [-0.2, 0) is 14.8 Å². The largest absolute Gasteiger partial charge is 0.478 e. The zero-order valence-electron chi connectivity index (χ0n) is 13.4. The van der Waals surface area contributed by atoms with Crippen LogP contribution in [0.2, 0.25) is 0 Å². The first-order valence-electron chi connectivity index (χ1n) is 7.17. The fourth-order valence-corrected chi connectivity index (χ4v) is 3.46. The van der Waals surface area contributed by atoms with Crippen molar-refractivity contribution in [3.63, 3.8) is 0 Å². The molecule has 1 N–H and O–H groups in total. The van der Waals surface area contributed by atoms with Crippen LogP contribution >= 0.6 is 0 Å². The van der Waals surface area contributed by atoms with Gasteiger partial charge in [-0.3, -0.25) is 4.79 Å². The molecule has 130 valence electrons. The van der Waals surface area contributed by atoms with E-state index in [9.17, 15) is 17.6 Å². The van der Waals surface area contributed by atoms with Crippen molar-refractivity contribution >= 4 is 15.9 Å². The first-order chi connectivity index (χ1) is 11.3. The summed E-state index contributed by atoms with van der Waals surface area (Å²) in [7, 11) is -4.16. The van der Waals surface area contributed by atoms with Crippen molar-refractivity contribution < 1.29 is 26.9 Å². The van der Waals surface area contributed by atoms with E-state index in [1.165, 1.54) is 32.0 Å². The first-order valence-corrected chi connectivity index (χ1v) is 8.65. The summed E-state index contributed by atoms with van der Waals surface area (Å²) >= 11 is 0. The van der Waals surface area contributed by atoms with Crippen LogP contribution in [0.15, 0.2) is 33.7 Å². The average molecular weight is 356 g/mol. The Morgan fingerprint density at radius 2 is 2.04 bits per heavy atom. The minimum Gasteiger partial charge on any atom is -0.478 e. The zero-order chi connectivity index (χ0) is 17.9. The van der Waals surface area contributed by atoms with E-state index >= 15 is 0 Å². The Kier molecular flexibility index (Phi) is 5.23. The second-order valence-electron chi connectivity index (χ2n) is 5.07. The van der Waals surface area contributed by atoms with Gasteiger partial charge in [0.15, 0.2) is 28.3 Å². The van der Waals surface area contributed by atoms with Gasteiger partial charge in [-0.1, -0.05) is 24.2 Å². The predicted octanol–water partition coefficient (Wildman–Crippen LogP) is 2.09. The van der Waals surface area contributed by atoms with Crippen molar-refractivity contribution in [2.45, 2.75) is 38.2 Å². The van der Waals surface area contributed by atoms with Gasteiger partial charge in [0.2, 0.25) is 0 Å². The molecule has 2 rings (SSSR count). The van der Waals surface area contributed by atoms with Crippen molar-refractivity contribution in [3.05, 3.63) is 41.5 Å². The van der Waals surface area contributed by atoms with Gasteiger partial charge < -0.3 is 9.26 Å². The summed E-state index contributed by atoms with van der Waals surface area (Å²) in [5.74, 6) is -1.61. The number of nitrogens with one attached hydrogen (secondary N) is 1. The van der Waals surface area contributed by atoms with Crippen LogP contribution in [-0.4, -0.2) is 25.6 Å². The summed E-state index contributed by atoms with van der Waals surface area (Å²) in [6.07, 6.45) is -1.02. The quantitative estimate of drug-likeness (QED) is 0.851. The van der Waals surface area contributed by atoms with Crippen molar-refractivity contribution in [1.29, 1.82) is 0 Å². The van der Waals surface area contributed by atoms with Gasteiger partial charge in [0.1, 0.15) is 5.69 Å². The van der Waals surface area contributed by atoms with E-state index in [4.69, 9.17) is 9.26 Å². The standard InChI is InChI=1S/C15H17FN2O5S/c1-4-12(22-13-8-6-5-7-11(13)16)15(19)18-24(20,21)14-9(2)17-23-10(14)3/h5-8,12H,4H2,1-3H3,(H,18,19)/t12-/m0/s1. The molecule has 0 aliphatic rings. The summed E-state index contributed by atoms with van der Waals surface area (Å²) in [6.45, 7) is 4.49. The van der Waals surface area contributed by atoms with Crippen molar-refractivity contribution in [3.8, 4) is 5.75 Å². The Balaban J connectivity index is 2.19. The molecular weight excluding hydrogens is 339 g/mol. The molecule has 0 saturated heterocycles. The predicted molar refractivity (Wildman–Crippen MR) is 82.4 cm³/mol. The number of carbonyl (C=O) groups is 1. The van der Waals surface area contributed by atoms with E-state index in [1.54, 1.807) is 13.0 Å². The number of aromatic nitrogens is 1. The van der Waals surface area contributed by atoms with Gasteiger partial charge in [0.05, 0.1) is 0 Å². The zero-order valence-corrected chi connectivity index (χ0v) is 14.2. The number of rotatable bonds is 6. The normalized spacial score (nSPS) is 12.7. The van der Waals surface area contributed by atoms with E-state index < -0.39 is 27.9 Å². The molecule has 0 aliphatic heterocycles. The number of hydrogen-bond donors (Lipinski definition) is 1. The lowest BCUT2D eigenvalue weighted by molar-refractivity contribution is -0.126. The number of amides is 1. The van der Waals surface area contributed by atoms with Gasteiger partial charge in [0.25, 0.3) is 15.9 Å². The Morgan fingerprint density at radius 3 is 2.58 bits per heavy atom. The maximum absolute atomic E-state index is 13.6. The molecule has 0 aliphatic carbocycles. The molecule has 0 bridgehead atoms. The van der Waals surface area contributed by atoms with Gasteiger partial charge in [-0.15, -0.1) is 0 Å². The van der Waals surface area contributed by atoms with Crippen LogP contribution < -0.4 is 9.46 Å². The molecule has 7 nitrogen and oxygen atoms in total. The Bertz CT molecular complexity index is 828. The number of hydrogen-bond acceptors (Lipinski definition) is 6. The SMILES string of the molecule is CC[C@H](Oc1ccccc1F)C(=O)NS(=O)(=O)c1c(C)noc1C.